The first-order valence-corrected chi connectivity index (χ1v) is 4.85. The van der Waals surface area contributed by atoms with Gasteiger partial charge in [0.05, 0.1) is 5.69 Å². The molecule has 2 aliphatic rings. The zero-order valence-electron chi connectivity index (χ0n) is 7.75. The Hall–Kier alpha value is -1.03. The smallest absolute Gasteiger partial charge is 0.150 e. The molecular formula is C9H14N4. The van der Waals surface area contributed by atoms with E-state index in [0.717, 1.165) is 12.6 Å². The lowest BCUT2D eigenvalue weighted by atomic mass is 10.1. The molecule has 70 valence electrons. The summed E-state index contributed by atoms with van der Waals surface area (Å²) >= 11 is 0. The van der Waals surface area contributed by atoms with Crippen molar-refractivity contribution in [1.82, 2.24) is 15.1 Å². The fraction of sp³-hybridized carbons (Fsp3) is 0.667. The number of aromatic nitrogens is 2. The van der Waals surface area contributed by atoms with Gasteiger partial charge < -0.3 is 5.73 Å². The summed E-state index contributed by atoms with van der Waals surface area (Å²) in [6.07, 6.45) is 2.70. The number of nitrogens with zero attached hydrogens (tertiary/aromatic N) is 2. The molecule has 3 N–H and O–H groups in total. The van der Waals surface area contributed by atoms with E-state index in [-0.39, 0.29) is 0 Å². The van der Waals surface area contributed by atoms with Gasteiger partial charge in [0.1, 0.15) is 5.82 Å². The van der Waals surface area contributed by atoms with Gasteiger partial charge in [-0.2, -0.15) is 5.10 Å². The van der Waals surface area contributed by atoms with Gasteiger partial charge in [-0.25, -0.2) is 0 Å². The third kappa shape index (κ3) is 0.920. The van der Waals surface area contributed by atoms with Crippen molar-refractivity contribution in [1.29, 1.82) is 0 Å². The third-order valence-electron chi connectivity index (χ3n) is 3.18. The minimum Gasteiger partial charge on any atom is -0.382 e. The van der Waals surface area contributed by atoms with E-state index < -0.39 is 0 Å². The second-order valence-corrected chi connectivity index (χ2v) is 4.08. The molecule has 0 spiro atoms. The molecule has 0 saturated heterocycles. The maximum atomic E-state index is 5.80. The summed E-state index contributed by atoms with van der Waals surface area (Å²) in [4.78, 5) is 2.51. The van der Waals surface area contributed by atoms with Gasteiger partial charge in [-0.15, -0.1) is 0 Å². The van der Waals surface area contributed by atoms with E-state index in [2.05, 4.69) is 22.0 Å². The summed E-state index contributed by atoms with van der Waals surface area (Å²) in [6, 6.07) is 1.26. The van der Waals surface area contributed by atoms with Gasteiger partial charge in [0.25, 0.3) is 0 Å². The standard InChI is InChI=1S/C9H14N4/c1-5-8-7(11-12-9(8)10)4-13(5)6-2-3-6/h5-6H,2-4H2,1H3,(H3,10,11,12). The molecule has 1 fully saturated rings. The van der Waals surface area contributed by atoms with Crippen molar-refractivity contribution in [3.63, 3.8) is 0 Å². The van der Waals surface area contributed by atoms with E-state index in [0.29, 0.717) is 11.9 Å². The van der Waals surface area contributed by atoms with Crippen molar-refractivity contribution in [2.24, 2.45) is 0 Å². The molecule has 1 aliphatic carbocycles. The lowest BCUT2D eigenvalue weighted by molar-refractivity contribution is 0.216. The van der Waals surface area contributed by atoms with Crippen molar-refractivity contribution in [3.8, 4) is 0 Å². The minimum atomic E-state index is 0.459. The molecule has 0 bridgehead atoms. The molecule has 4 nitrogen and oxygen atoms in total. The molecule has 1 unspecified atom stereocenters. The Morgan fingerprint density at radius 2 is 2.31 bits per heavy atom. The summed E-state index contributed by atoms with van der Waals surface area (Å²) in [5.74, 6) is 0.686. The van der Waals surface area contributed by atoms with Crippen molar-refractivity contribution < 1.29 is 0 Å². The molecule has 0 aromatic carbocycles. The van der Waals surface area contributed by atoms with Crippen LogP contribution in [0.4, 0.5) is 5.82 Å². The van der Waals surface area contributed by atoms with E-state index in [1.165, 1.54) is 24.1 Å². The van der Waals surface area contributed by atoms with Crippen LogP contribution in [-0.4, -0.2) is 21.1 Å². The van der Waals surface area contributed by atoms with Gasteiger partial charge in [-0.1, -0.05) is 0 Å². The third-order valence-corrected chi connectivity index (χ3v) is 3.18. The molecule has 0 radical (unpaired) electrons. The number of rotatable bonds is 1. The first-order valence-electron chi connectivity index (χ1n) is 4.85. The predicted octanol–water partition coefficient (Wildman–Crippen LogP) is 1.03. The molecule has 1 aromatic heterocycles. The molecule has 2 heterocycles. The number of H-pyrrole nitrogens is 1. The van der Waals surface area contributed by atoms with Crippen LogP contribution in [0.15, 0.2) is 0 Å². The highest BCUT2D eigenvalue weighted by Crippen LogP contribution is 2.42. The zero-order valence-corrected chi connectivity index (χ0v) is 7.75. The number of fused-ring (bicyclic) bond motifs is 1. The van der Waals surface area contributed by atoms with Crippen LogP contribution in [0.2, 0.25) is 0 Å². The van der Waals surface area contributed by atoms with Gasteiger partial charge >= 0.3 is 0 Å². The van der Waals surface area contributed by atoms with Crippen LogP contribution in [-0.2, 0) is 6.54 Å². The molecular weight excluding hydrogens is 164 g/mol. The number of anilines is 1. The summed E-state index contributed by atoms with van der Waals surface area (Å²) in [5, 5.41) is 7.04. The van der Waals surface area contributed by atoms with Gasteiger partial charge in [-0.05, 0) is 19.8 Å². The average molecular weight is 178 g/mol. The second-order valence-electron chi connectivity index (χ2n) is 4.08. The van der Waals surface area contributed by atoms with Crippen LogP contribution >= 0.6 is 0 Å². The topological polar surface area (TPSA) is 57.9 Å². The Kier molecular flexibility index (Phi) is 1.28. The quantitative estimate of drug-likeness (QED) is 0.675. The van der Waals surface area contributed by atoms with Gasteiger partial charge in [0.15, 0.2) is 0 Å². The number of nitrogens with one attached hydrogen (secondary N) is 1. The lowest BCUT2D eigenvalue weighted by Gasteiger charge is -2.20. The number of nitrogen functional groups attached to an aromatic ring is 1. The second kappa shape index (κ2) is 2.26. The maximum Gasteiger partial charge on any atom is 0.150 e. The number of aromatic amines is 1. The van der Waals surface area contributed by atoms with Crippen molar-refractivity contribution in [2.45, 2.75) is 38.4 Å². The normalized spacial score (nSPS) is 27.9. The monoisotopic (exact) mass is 178 g/mol. The summed E-state index contributed by atoms with van der Waals surface area (Å²) in [5.41, 5.74) is 8.24. The molecule has 1 aromatic rings. The van der Waals surface area contributed by atoms with Crippen LogP contribution in [0.25, 0.3) is 0 Å². The van der Waals surface area contributed by atoms with Crippen LogP contribution < -0.4 is 5.73 Å². The van der Waals surface area contributed by atoms with Crippen LogP contribution in [0, 0.1) is 0 Å². The lowest BCUT2D eigenvalue weighted by Crippen LogP contribution is -2.23. The Labute approximate surface area is 77.1 Å². The van der Waals surface area contributed by atoms with Gasteiger partial charge in [0.2, 0.25) is 0 Å². The molecule has 3 rings (SSSR count). The molecule has 1 saturated carbocycles. The maximum absolute atomic E-state index is 5.80. The number of hydrogen-bond acceptors (Lipinski definition) is 3. The summed E-state index contributed by atoms with van der Waals surface area (Å²) in [6.45, 7) is 3.22. The fourth-order valence-corrected chi connectivity index (χ4v) is 2.33. The van der Waals surface area contributed by atoms with E-state index in [4.69, 9.17) is 5.73 Å². The molecule has 1 atom stereocenters. The summed E-state index contributed by atoms with van der Waals surface area (Å²) in [7, 11) is 0. The summed E-state index contributed by atoms with van der Waals surface area (Å²) < 4.78 is 0. The Bertz CT molecular complexity index is 339. The highest BCUT2D eigenvalue weighted by atomic mass is 15.3. The Balaban J connectivity index is 1.97. The Morgan fingerprint density at radius 1 is 1.54 bits per heavy atom. The van der Waals surface area contributed by atoms with Crippen molar-refractivity contribution >= 4 is 5.82 Å². The number of hydrogen-bond donors (Lipinski definition) is 2. The van der Waals surface area contributed by atoms with Crippen molar-refractivity contribution in [3.05, 3.63) is 11.3 Å². The number of nitrogens with two attached hydrogens (primary N) is 1. The highest BCUT2D eigenvalue weighted by molar-refractivity contribution is 5.46. The predicted molar refractivity (Wildman–Crippen MR) is 50.0 cm³/mol. The van der Waals surface area contributed by atoms with Crippen LogP contribution in [0.5, 0.6) is 0 Å². The van der Waals surface area contributed by atoms with Crippen LogP contribution in [0.3, 0.4) is 0 Å². The van der Waals surface area contributed by atoms with Gasteiger partial charge in [-0.3, -0.25) is 10.00 Å². The van der Waals surface area contributed by atoms with Crippen LogP contribution in [0.1, 0.15) is 37.1 Å². The first-order chi connectivity index (χ1) is 6.27. The zero-order chi connectivity index (χ0) is 9.00. The Morgan fingerprint density at radius 3 is 2.92 bits per heavy atom. The molecule has 1 aliphatic heterocycles. The highest BCUT2D eigenvalue weighted by Gasteiger charge is 2.39. The van der Waals surface area contributed by atoms with E-state index in [1.54, 1.807) is 0 Å². The molecule has 0 amide bonds. The average Bonchev–Trinajstić information content (AvgIpc) is 2.80. The molecule has 13 heavy (non-hydrogen) atoms. The largest absolute Gasteiger partial charge is 0.382 e. The van der Waals surface area contributed by atoms with E-state index in [9.17, 15) is 0 Å². The minimum absolute atomic E-state index is 0.459. The van der Waals surface area contributed by atoms with Crippen molar-refractivity contribution in [2.75, 3.05) is 5.73 Å². The van der Waals surface area contributed by atoms with E-state index >= 15 is 0 Å². The first kappa shape index (κ1) is 7.38. The SMILES string of the molecule is CC1c2c(N)n[nH]c2CN1C1CC1. The molecule has 4 heteroatoms. The van der Waals surface area contributed by atoms with E-state index in [1.807, 2.05) is 0 Å². The fourth-order valence-electron chi connectivity index (χ4n) is 2.33. The van der Waals surface area contributed by atoms with Gasteiger partial charge in [0, 0.05) is 24.2 Å².